The van der Waals surface area contributed by atoms with Crippen LogP contribution >= 0.6 is 23.4 Å². The van der Waals surface area contributed by atoms with Crippen molar-refractivity contribution in [2.45, 2.75) is 17.1 Å². The first-order chi connectivity index (χ1) is 20.2. The van der Waals surface area contributed by atoms with Gasteiger partial charge in [-0.25, -0.2) is 4.39 Å². The number of ether oxygens (including phenoxy) is 1. The number of amides is 3. The molecule has 3 amide bonds. The number of nitrogens with one attached hydrogen (secondary N) is 3. The predicted octanol–water partition coefficient (Wildman–Crippen LogP) is 7.02. The molecule has 0 spiro atoms. The second-order valence-electron chi connectivity index (χ2n) is 8.98. The molecule has 214 valence electrons. The topological polar surface area (TPSA) is 96.5 Å². The Kier molecular flexibility index (Phi) is 10.4. The standard InChI is InChI=1S/C32H27ClFN3O4S/c1-20(30(38)36-24-14-17-27(34)26(33)19-24)42-25-15-12-23(13-16-25)35-32(40)28(18-22-10-6-7-11-29(22)41-2)37-31(39)21-8-4-3-5-9-21/h3-20H,1-2H3,(H,35,40)(H,36,38)(H,37,39)/b28-18-. The SMILES string of the molecule is COc1ccccc1/C=C(\NC(=O)c1ccccc1)C(=O)Nc1ccc(SC(C)C(=O)Nc2ccc(F)c(Cl)c2)cc1. The van der Waals surface area contributed by atoms with Gasteiger partial charge in [0.05, 0.1) is 17.4 Å². The van der Waals surface area contributed by atoms with Gasteiger partial charge in [-0.3, -0.25) is 14.4 Å². The van der Waals surface area contributed by atoms with E-state index in [1.165, 1.54) is 37.1 Å². The molecule has 0 aliphatic carbocycles. The van der Waals surface area contributed by atoms with E-state index < -0.39 is 22.9 Å². The number of benzene rings is 4. The van der Waals surface area contributed by atoms with Gasteiger partial charge in [-0.1, -0.05) is 48.0 Å². The number of hydrogen-bond donors (Lipinski definition) is 3. The van der Waals surface area contributed by atoms with Crippen LogP contribution in [0.3, 0.4) is 0 Å². The van der Waals surface area contributed by atoms with Crippen LogP contribution in [0.5, 0.6) is 5.75 Å². The van der Waals surface area contributed by atoms with E-state index in [9.17, 15) is 18.8 Å². The van der Waals surface area contributed by atoms with Crippen molar-refractivity contribution in [3.8, 4) is 5.75 Å². The zero-order valence-electron chi connectivity index (χ0n) is 22.7. The molecule has 0 bridgehead atoms. The molecule has 3 N–H and O–H groups in total. The third-order valence-electron chi connectivity index (χ3n) is 5.95. The summed E-state index contributed by atoms with van der Waals surface area (Å²) in [5.41, 5.74) is 1.92. The lowest BCUT2D eigenvalue weighted by molar-refractivity contribution is -0.115. The molecule has 0 aliphatic rings. The van der Waals surface area contributed by atoms with Crippen molar-refractivity contribution in [2.24, 2.45) is 0 Å². The smallest absolute Gasteiger partial charge is 0.272 e. The Morgan fingerprint density at radius 2 is 1.55 bits per heavy atom. The summed E-state index contributed by atoms with van der Waals surface area (Å²) >= 11 is 7.10. The number of methoxy groups -OCH3 is 1. The lowest BCUT2D eigenvalue weighted by atomic mass is 10.1. The highest BCUT2D eigenvalue weighted by Gasteiger charge is 2.18. The first kappa shape index (κ1) is 30.4. The molecule has 42 heavy (non-hydrogen) atoms. The minimum atomic E-state index is -0.565. The average molecular weight is 604 g/mol. The Morgan fingerprint density at radius 3 is 2.24 bits per heavy atom. The van der Waals surface area contributed by atoms with Gasteiger partial charge in [-0.2, -0.15) is 0 Å². The number of carbonyl (C=O) groups is 3. The second kappa shape index (κ2) is 14.3. The number of para-hydroxylation sites is 1. The Hall–Kier alpha value is -4.60. The maximum atomic E-state index is 13.4. The summed E-state index contributed by atoms with van der Waals surface area (Å²) in [6.45, 7) is 1.74. The lowest BCUT2D eigenvalue weighted by Crippen LogP contribution is -2.30. The molecular weight excluding hydrogens is 577 g/mol. The Labute approximate surface area is 252 Å². The highest BCUT2D eigenvalue weighted by molar-refractivity contribution is 8.00. The normalized spacial score (nSPS) is 11.8. The van der Waals surface area contributed by atoms with Crippen LogP contribution < -0.4 is 20.7 Å². The number of thioether (sulfide) groups is 1. The first-order valence-electron chi connectivity index (χ1n) is 12.8. The molecule has 0 fully saturated rings. The fourth-order valence-electron chi connectivity index (χ4n) is 3.77. The number of anilines is 2. The maximum Gasteiger partial charge on any atom is 0.272 e. The van der Waals surface area contributed by atoms with Crippen molar-refractivity contribution in [1.29, 1.82) is 0 Å². The van der Waals surface area contributed by atoms with Gasteiger partial charge in [0.15, 0.2) is 0 Å². The summed E-state index contributed by atoms with van der Waals surface area (Å²) in [7, 11) is 1.53. The molecule has 0 aromatic heterocycles. The van der Waals surface area contributed by atoms with Gasteiger partial charge < -0.3 is 20.7 Å². The van der Waals surface area contributed by atoms with Crippen LogP contribution in [0.15, 0.2) is 108 Å². The van der Waals surface area contributed by atoms with Crippen LogP contribution in [-0.4, -0.2) is 30.1 Å². The van der Waals surface area contributed by atoms with Crippen molar-refractivity contribution in [3.63, 3.8) is 0 Å². The fraction of sp³-hybridized carbons (Fsp3) is 0.0938. The van der Waals surface area contributed by atoms with Crippen molar-refractivity contribution in [3.05, 3.63) is 125 Å². The molecule has 4 aromatic carbocycles. The molecule has 10 heteroatoms. The van der Waals surface area contributed by atoms with E-state index in [2.05, 4.69) is 16.0 Å². The maximum absolute atomic E-state index is 13.4. The molecule has 0 saturated carbocycles. The van der Waals surface area contributed by atoms with Crippen molar-refractivity contribution in [2.75, 3.05) is 17.7 Å². The molecule has 1 unspecified atom stereocenters. The first-order valence-corrected chi connectivity index (χ1v) is 14.0. The number of carbonyl (C=O) groups excluding carboxylic acids is 3. The molecule has 7 nitrogen and oxygen atoms in total. The largest absolute Gasteiger partial charge is 0.496 e. The van der Waals surface area contributed by atoms with Crippen LogP contribution in [0, 0.1) is 5.82 Å². The molecule has 0 radical (unpaired) electrons. The zero-order valence-corrected chi connectivity index (χ0v) is 24.3. The monoisotopic (exact) mass is 603 g/mol. The number of rotatable bonds is 10. The van der Waals surface area contributed by atoms with Gasteiger partial charge >= 0.3 is 0 Å². The molecule has 0 saturated heterocycles. The summed E-state index contributed by atoms with van der Waals surface area (Å²) in [5, 5.41) is 7.68. The van der Waals surface area contributed by atoms with Crippen LogP contribution in [0.2, 0.25) is 5.02 Å². The van der Waals surface area contributed by atoms with Gasteiger partial charge in [0.2, 0.25) is 5.91 Å². The highest BCUT2D eigenvalue weighted by atomic mass is 35.5. The molecule has 0 aliphatic heterocycles. The van der Waals surface area contributed by atoms with Gasteiger partial charge in [0.25, 0.3) is 11.8 Å². The Morgan fingerprint density at radius 1 is 0.881 bits per heavy atom. The molecular formula is C32H27ClFN3O4S. The summed E-state index contributed by atoms with van der Waals surface area (Å²) in [6.07, 6.45) is 1.55. The van der Waals surface area contributed by atoms with Crippen molar-refractivity contribution >= 4 is 58.5 Å². The van der Waals surface area contributed by atoms with E-state index in [0.717, 1.165) is 4.90 Å². The Bertz CT molecular complexity index is 1610. The fourth-order valence-corrected chi connectivity index (χ4v) is 4.82. The van der Waals surface area contributed by atoms with Gasteiger partial charge in [-0.05, 0) is 73.7 Å². The van der Waals surface area contributed by atoms with Crippen LogP contribution in [0.4, 0.5) is 15.8 Å². The van der Waals surface area contributed by atoms with E-state index in [1.807, 2.05) is 0 Å². The van der Waals surface area contributed by atoms with Gasteiger partial charge in [-0.15, -0.1) is 11.8 Å². The molecule has 1 atom stereocenters. The number of hydrogen-bond acceptors (Lipinski definition) is 5. The minimum Gasteiger partial charge on any atom is -0.496 e. The van der Waals surface area contributed by atoms with Gasteiger partial charge in [0.1, 0.15) is 17.3 Å². The van der Waals surface area contributed by atoms with Crippen LogP contribution in [-0.2, 0) is 9.59 Å². The third-order valence-corrected chi connectivity index (χ3v) is 7.35. The number of halogens is 2. The predicted molar refractivity (Wildman–Crippen MR) is 165 cm³/mol. The molecule has 0 heterocycles. The lowest BCUT2D eigenvalue weighted by Gasteiger charge is -2.14. The van der Waals surface area contributed by atoms with Crippen LogP contribution in [0.1, 0.15) is 22.8 Å². The Balaban J connectivity index is 1.45. The van der Waals surface area contributed by atoms with E-state index >= 15 is 0 Å². The average Bonchev–Trinajstić information content (AvgIpc) is 3.00. The molecule has 4 aromatic rings. The van der Waals surface area contributed by atoms with Crippen LogP contribution in [0.25, 0.3) is 6.08 Å². The zero-order chi connectivity index (χ0) is 30.1. The minimum absolute atomic E-state index is 0.0259. The molecule has 4 rings (SSSR count). The summed E-state index contributed by atoms with van der Waals surface area (Å²) in [6, 6.07) is 26.6. The van der Waals surface area contributed by atoms with E-state index in [1.54, 1.807) is 91.9 Å². The third kappa shape index (κ3) is 8.22. The quantitative estimate of drug-likeness (QED) is 0.134. The summed E-state index contributed by atoms with van der Waals surface area (Å²) in [4.78, 5) is 39.6. The summed E-state index contributed by atoms with van der Waals surface area (Å²) in [5.74, 6) is -1.27. The van der Waals surface area contributed by atoms with E-state index in [-0.39, 0.29) is 16.6 Å². The van der Waals surface area contributed by atoms with E-state index in [4.69, 9.17) is 16.3 Å². The van der Waals surface area contributed by atoms with E-state index in [0.29, 0.717) is 28.3 Å². The summed E-state index contributed by atoms with van der Waals surface area (Å²) < 4.78 is 18.8. The van der Waals surface area contributed by atoms with Gasteiger partial charge in [0, 0.05) is 27.4 Å². The van der Waals surface area contributed by atoms with Crippen molar-refractivity contribution in [1.82, 2.24) is 5.32 Å². The second-order valence-corrected chi connectivity index (χ2v) is 10.8. The highest BCUT2D eigenvalue weighted by Crippen LogP contribution is 2.27. The van der Waals surface area contributed by atoms with Crippen molar-refractivity contribution < 1.29 is 23.5 Å².